The minimum atomic E-state index is 0.912. The van der Waals surface area contributed by atoms with Gasteiger partial charge in [0.15, 0.2) is 0 Å². The molecule has 1 spiro atoms. The summed E-state index contributed by atoms with van der Waals surface area (Å²) in [7, 11) is 0. The molecule has 1 heteroatoms. The molecule has 0 saturated carbocycles. The third-order valence-corrected chi connectivity index (χ3v) is 5.74. The molecule has 0 N–H and O–H groups in total. The van der Waals surface area contributed by atoms with Crippen molar-refractivity contribution >= 4 is 0 Å². The number of hydrogen-bond donors (Lipinski definition) is 0. The van der Waals surface area contributed by atoms with E-state index in [0.29, 0.717) is 0 Å². The van der Waals surface area contributed by atoms with E-state index in [2.05, 4.69) is 27.7 Å². The monoisotopic (exact) mass is 224 g/mol. The Kier molecular flexibility index (Phi) is 3.63. The zero-order valence-electron chi connectivity index (χ0n) is 11.7. The lowest BCUT2D eigenvalue weighted by molar-refractivity contribution is -0.937. The van der Waals surface area contributed by atoms with Gasteiger partial charge in [-0.15, -0.1) is 0 Å². The molecule has 94 valence electrons. The Morgan fingerprint density at radius 3 is 1.56 bits per heavy atom. The third kappa shape index (κ3) is 2.30. The smallest absolute Gasteiger partial charge is 0.0815 e. The first-order valence-electron chi connectivity index (χ1n) is 7.39. The summed E-state index contributed by atoms with van der Waals surface area (Å²) >= 11 is 0. The molecule has 2 heterocycles. The van der Waals surface area contributed by atoms with Crippen LogP contribution in [-0.2, 0) is 0 Å². The highest BCUT2D eigenvalue weighted by atomic mass is 15.4. The Bertz CT molecular complexity index is 212. The normalized spacial score (nSPS) is 44.2. The lowest BCUT2D eigenvalue weighted by atomic mass is 9.80. The molecule has 0 aromatic carbocycles. The van der Waals surface area contributed by atoms with Gasteiger partial charge in [0.2, 0.25) is 0 Å². The average molecular weight is 224 g/mol. The predicted molar refractivity (Wildman–Crippen MR) is 70.2 cm³/mol. The Hall–Kier alpha value is -0.0400. The van der Waals surface area contributed by atoms with Crippen molar-refractivity contribution in [3.63, 3.8) is 0 Å². The molecular weight excluding hydrogens is 194 g/mol. The van der Waals surface area contributed by atoms with Crippen molar-refractivity contribution in [1.29, 1.82) is 0 Å². The maximum atomic E-state index is 2.49. The molecule has 2 saturated heterocycles. The van der Waals surface area contributed by atoms with E-state index in [1.54, 1.807) is 0 Å². The first-order chi connectivity index (χ1) is 7.54. The van der Waals surface area contributed by atoms with Crippen LogP contribution in [0.3, 0.4) is 0 Å². The summed E-state index contributed by atoms with van der Waals surface area (Å²) in [6, 6.07) is 0. The van der Waals surface area contributed by atoms with Gasteiger partial charge in [-0.3, -0.25) is 0 Å². The predicted octanol–water partition coefficient (Wildman–Crippen LogP) is 3.55. The number of rotatable bonds is 0. The maximum absolute atomic E-state index is 2.49. The van der Waals surface area contributed by atoms with Gasteiger partial charge in [0.25, 0.3) is 0 Å². The van der Waals surface area contributed by atoms with Crippen LogP contribution in [-0.4, -0.2) is 30.7 Å². The Labute approximate surface area is 102 Å². The highest BCUT2D eigenvalue weighted by Gasteiger charge is 2.40. The molecule has 0 aromatic rings. The first kappa shape index (κ1) is 12.4. The minimum Gasteiger partial charge on any atom is -0.323 e. The van der Waals surface area contributed by atoms with Gasteiger partial charge in [-0.2, -0.15) is 0 Å². The van der Waals surface area contributed by atoms with Crippen LogP contribution in [0.4, 0.5) is 0 Å². The van der Waals surface area contributed by atoms with Gasteiger partial charge < -0.3 is 4.48 Å². The summed E-state index contributed by atoms with van der Waals surface area (Å²) < 4.78 is 1.46. The molecule has 0 bridgehead atoms. The van der Waals surface area contributed by atoms with Crippen molar-refractivity contribution in [1.82, 2.24) is 0 Å². The second kappa shape index (κ2) is 4.68. The van der Waals surface area contributed by atoms with Crippen molar-refractivity contribution in [2.24, 2.45) is 23.7 Å². The molecule has 0 aromatic heterocycles. The highest BCUT2D eigenvalue weighted by molar-refractivity contribution is 4.77. The van der Waals surface area contributed by atoms with Crippen LogP contribution < -0.4 is 0 Å². The van der Waals surface area contributed by atoms with E-state index in [4.69, 9.17) is 0 Å². The molecule has 0 radical (unpaired) electrons. The van der Waals surface area contributed by atoms with Crippen LogP contribution in [0.25, 0.3) is 0 Å². The number of hydrogen-bond acceptors (Lipinski definition) is 0. The van der Waals surface area contributed by atoms with Crippen LogP contribution in [0, 0.1) is 23.7 Å². The zero-order valence-corrected chi connectivity index (χ0v) is 11.7. The van der Waals surface area contributed by atoms with Crippen molar-refractivity contribution < 1.29 is 4.48 Å². The van der Waals surface area contributed by atoms with Gasteiger partial charge in [0.1, 0.15) is 0 Å². The Balaban J connectivity index is 2.15. The van der Waals surface area contributed by atoms with E-state index in [1.165, 1.54) is 49.9 Å². The third-order valence-electron chi connectivity index (χ3n) is 5.74. The zero-order chi connectivity index (χ0) is 11.8. The largest absolute Gasteiger partial charge is 0.323 e. The van der Waals surface area contributed by atoms with Gasteiger partial charge in [-0.1, -0.05) is 27.7 Å². The highest BCUT2D eigenvalue weighted by Crippen LogP contribution is 2.36. The van der Waals surface area contributed by atoms with E-state index >= 15 is 0 Å². The molecular formula is C15H30N+. The standard InChI is InChI=1S/C15H30N/c1-12-10-16(8-6-5-7-9-16)11-13(2)15(4)14(12)3/h12-15H,5-11H2,1-4H3/q+1. The Morgan fingerprint density at radius 1 is 0.688 bits per heavy atom. The molecule has 2 aliphatic heterocycles. The van der Waals surface area contributed by atoms with Crippen LogP contribution >= 0.6 is 0 Å². The van der Waals surface area contributed by atoms with Crippen molar-refractivity contribution in [2.75, 3.05) is 26.2 Å². The van der Waals surface area contributed by atoms with Gasteiger partial charge in [0.05, 0.1) is 26.2 Å². The molecule has 2 rings (SSSR count). The summed E-state index contributed by atoms with van der Waals surface area (Å²) in [5.74, 6) is 3.65. The molecule has 2 fully saturated rings. The second-order valence-corrected chi connectivity index (χ2v) is 6.89. The van der Waals surface area contributed by atoms with E-state index in [9.17, 15) is 0 Å². The fourth-order valence-electron chi connectivity index (χ4n) is 4.21. The fraction of sp³-hybridized carbons (Fsp3) is 1.00. The van der Waals surface area contributed by atoms with Crippen molar-refractivity contribution in [3.05, 3.63) is 0 Å². The van der Waals surface area contributed by atoms with Crippen LogP contribution in [0.2, 0.25) is 0 Å². The lowest BCUT2D eigenvalue weighted by Crippen LogP contribution is -2.54. The molecule has 4 unspecified atom stereocenters. The van der Waals surface area contributed by atoms with E-state index in [1.807, 2.05) is 0 Å². The van der Waals surface area contributed by atoms with Crippen LogP contribution in [0.5, 0.6) is 0 Å². The summed E-state index contributed by atoms with van der Waals surface area (Å²) in [5, 5.41) is 0. The molecule has 0 amide bonds. The average Bonchev–Trinajstić information content (AvgIpc) is 2.33. The number of piperidine rings is 1. The molecule has 16 heavy (non-hydrogen) atoms. The summed E-state index contributed by atoms with van der Waals surface area (Å²) in [5.41, 5.74) is 0. The summed E-state index contributed by atoms with van der Waals surface area (Å²) in [6.45, 7) is 15.8. The minimum absolute atomic E-state index is 0.912. The molecule has 1 nitrogen and oxygen atoms in total. The molecule has 0 aliphatic carbocycles. The summed E-state index contributed by atoms with van der Waals surface area (Å²) in [6.07, 6.45) is 4.43. The van der Waals surface area contributed by atoms with Gasteiger partial charge in [-0.25, -0.2) is 0 Å². The van der Waals surface area contributed by atoms with Crippen molar-refractivity contribution in [3.8, 4) is 0 Å². The SMILES string of the molecule is CC1C[N+]2(CCCCC2)CC(C)C(C)C1C. The van der Waals surface area contributed by atoms with E-state index < -0.39 is 0 Å². The Morgan fingerprint density at radius 2 is 1.12 bits per heavy atom. The van der Waals surface area contributed by atoms with Gasteiger partial charge in [-0.05, 0) is 31.1 Å². The van der Waals surface area contributed by atoms with E-state index in [-0.39, 0.29) is 0 Å². The van der Waals surface area contributed by atoms with Crippen molar-refractivity contribution in [2.45, 2.75) is 47.0 Å². The quantitative estimate of drug-likeness (QED) is 0.552. The first-order valence-corrected chi connectivity index (χ1v) is 7.39. The lowest BCUT2D eigenvalue weighted by Gasteiger charge is -2.43. The summed E-state index contributed by atoms with van der Waals surface area (Å²) in [4.78, 5) is 0. The van der Waals surface area contributed by atoms with E-state index in [0.717, 1.165) is 23.7 Å². The number of quaternary nitrogens is 1. The van der Waals surface area contributed by atoms with Gasteiger partial charge in [0, 0.05) is 11.8 Å². The number of nitrogens with zero attached hydrogens (tertiary/aromatic N) is 1. The fourth-order valence-corrected chi connectivity index (χ4v) is 4.21. The second-order valence-electron chi connectivity index (χ2n) is 6.89. The topological polar surface area (TPSA) is 0 Å². The van der Waals surface area contributed by atoms with Crippen LogP contribution in [0.1, 0.15) is 47.0 Å². The van der Waals surface area contributed by atoms with Gasteiger partial charge >= 0.3 is 0 Å². The van der Waals surface area contributed by atoms with Crippen LogP contribution in [0.15, 0.2) is 0 Å². The molecule has 2 aliphatic rings. The maximum Gasteiger partial charge on any atom is 0.0815 e. The molecule has 4 atom stereocenters.